The standard InChI is InChI=1S/C13H12F3N3O/c14-13(15,16)12(3-4-12)19-11(20)9-6-18-10-2-1-7(17)5-8(9)10/h1-2,5-6,18H,3-4,17H2,(H,19,20). The number of H-pyrrole nitrogens is 1. The number of rotatable bonds is 2. The Labute approximate surface area is 112 Å². The van der Waals surface area contributed by atoms with Crippen molar-refractivity contribution in [3.05, 3.63) is 30.0 Å². The topological polar surface area (TPSA) is 70.9 Å². The molecule has 1 aliphatic rings. The van der Waals surface area contributed by atoms with E-state index in [0.717, 1.165) is 0 Å². The summed E-state index contributed by atoms with van der Waals surface area (Å²) in [4.78, 5) is 14.9. The van der Waals surface area contributed by atoms with E-state index in [-0.39, 0.29) is 18.4 Å². The van der Waals surface area contributed by atoms with Crippen LogP contribution in [0, 0.1) is 0 Å². The van der Waals surface area contributed by atoms with Gasteiger partial charge in [0.1, 0.15) is 5.54 Å². The van der Waals surface area contributed by atoms with Crippen LogP contribution in [0.4, 0.5) is 18.9 Å². The van der Waals surface area contributed by atoms with Crippen molar-refractivity contribution in [2.24, 2.45) is 0 Å². The fraction of sp³-hybridized carbons (Fsp3) is 0.308. The number of fused-ring (bicyclic) bond motifs is 1. The van der Waals surface area contributed by atoms with E-state index < -0.39 is 17.6 Å². The van der Waals surface area contributed by atoms with Gasteiger partial charge in [-0.1, -0.05) is 0 Å². The predicted molar refractivity (Wildman–Crippen MR) is 68.2 cm³/mol. The highest BCUT2D eigenvalue weighted by Gasteiger charge is 2.64. The fourth-order valence-corrected chi connectivity index (χ4v) is 2.22. The lowest BCUT2D eigenvalue weighted by Crippen LogP contribution is -2.47. The number of anilines is 1. The summed E-state index contributed by atoms with van der Waals surface area (Å²) in [5, 5.41) is 2.61. The Morgan fingerprint density at radius 1 is 1.35 bits per heavy atom. The molecule has 4 N–H and O–H groups in total. The quantitative estimate of drug-likeness (QED) is 0.741. The first kappa shape index (κ1) is 12.8. The van der Waals surface area contributed by atoms with E-state index in [1.165, 1.54) is 6.20 Å². The number of nitrogens with two attached hydrogens (primary N) is 1. The molecule has 3 rings (SSSR count). The minimum atomic E-state index is -4.42. The molecule has 4 nitrogen and oxygen atoms in total. The van der Waals surface area contributed by atoms with Crippen LogP contribution in [-0.2, 0) is 0 Å². The smallest absolute Gasteiger partial charge is 0.399 e. The maximum Gasteiger partial charge on any atom is 0.411 e. The zero-order valence-electron chi connectivity index (χ0n) is 10.3. The molecule has 1 heterocycles. The molecule has 1 amide bonds. The van der Waals surface area contributed by atoms with Gasteiger partial charge in [-0.25, -0.2) is 0 Å². The zero-order chi connectivity index (χ0) is 14.5. The maximum atomic E-state index is 12.8. The molecule has 1 fully saturated rings. The largest absolute Gasteiger partial charge is 0.411 e. The van der Waals surface area contributed by atoms with Crippen molar-refractivity contribution in [2.75, 3.05) is 5.73 Å². The number of halogens is 3. The van der Waals surface area contributed by atoms with Crippen molar-refractivity contribution < 1.29 is 18.0 Å². The Balaban J connectivity index is 1.92. The molecule has 1 saturated carbocycles. The van der Waals surface area contributed by atoms with Gasteiger partial charge in [0.2, 0.25) is 0 Å². The van der Waals surface area contributed by atoms with Crippen molar-refractivity contribution in [3.63, 3.8) is 0 Å². The van der Waals surface area contributed by atoms with E-state index >= 15 is 0 Å². The first-order chi connectivity index (χ1) is 9.32. The molecule has 1 aromatic carbocycles. The number of amides is 1. The van der Waals surface area contributed by atoms with Gasteiger partial charge in [-0.15, -0.1) is 0 Å². The Hall–Kier alpha value is -2.18. The highest BCUT2D eigenvalue weighted by Crippen LogP contribution is 2.49. The van der Waals surface area contributed by atoms with E-state index in [4.69, 9.17) is 5.73 Å². The number of benzene rings is 1. The zero-order valence-corrected chi connectivity index (χ0v) is 10.3. The number of nitrogens with one attached hydrogen (secondary N) is 2. The summed E-state index contributed by atoms with van der Waals surface area (Å²) in [6, 6.07) is 4.89. The van der Waals surface area contributed by atoms with Crippen LogP contribution >= 0.6 is 0 Å². The molecule has 106 valence electrons. The first-order valence-corrected chi connectivity index (χ1v) is 6.08. The van der Waals surface area contributed by atoms with Gasteiger partial charge in [0.15, 0.2) is 0 Å². The average Bonchev–Trinajstić information content (AvgIpc) is 3.02. The molecular weight excluding hydrogens is 271 g/mol. The number of aromatic amines is 1. The summed E-state index contributed by atoms with van der Waals surface area (Å²) >= 11 is 0. The highest BCUT2D eigenvalue weighted by atomic mass is 19.4. The molecule has 1 aromatic heterocycles. The van der Waals surface area contributed by atoms with Crippen LogP contribution in [0.15, 0.2) is 24.4 Å². The van der Waals surface area contributed by atoms with Crippen molar-refractivity contribution in [3.8, 4) is 0 Å². The van der Waals surface area contributed by atoms with Crippen molar-refractivity contribution >= 4 is 22.5 Å². The van der Waals surface area contributed by atoms with Gasteiger partial charge in [-0.05, 0) is 31.0 Å². The highest BCUT2D eigenvalue weighted by molar-refractivity contribution is 6.07. The van der Waals surface area contributed by atoms with Gasteiger partial charge in [0.25, 0.3) is 5.91 Å². The van der Waals surface area contributed by atoms with Crippen molar-refractivity contribution in [1.82, 2.24) is 10.3 Å². The maximum absolute atomic E-state index is 12.8. The predicted octanol–water partition coefficient (Wildman–Crippen LogP) is 2.57. The molecule has 1 aliphatic carbocycles. The normalized spacial score (nSPS) is 17.1. The lowest BCUT2D eigenvalue weighted by molar-refractivity contribution is -0.163. The summed E-state index contributed by atoms with van der Waals surface area (Å²) in [6.45, 7) is 0. The minimum absolute atomic E-state index is 0.0767. The molecule has 2 aromatic rings. The lowest BCUT2D eigenvalue weighted by atomic mass is 10.1. The van der Waals surface area contributed by atoms with Crippen LogP contribution in [0.1, 0.15) is 23.2 Å². The van der Waals surface area contributed by atoms with E-state index in [9.17, 15) is 18.0 Å². The third-order valence-electron chi connectivity index (χ3n) is 3.60. The summed E-state index contributed by atoms with van der Waals surface area (Å²) in [7, 11) is 0. The summed E-state index contributed by atoms with van der Waals surface area (Å²) < 4.78 is 38.5. The fourth-order valence-electron chi connectivity index (χ4n) is 2.22. The number of aromatic nitrogens is 1. The second-order valence-corrected chi connectivity index (χ2v) is 5.04. The molecule has 0 saturated heterocycles. The van der Waals surface area contributed by atoms with Crippen LogP contribution in [0.25, 0.3) is 10.9 Å². The second kappa shape index (κ2) is 3.91. The van der Waals surface area contributed by atoms with Gasteiger partial charge in [0, 0.05) is 22.8 Å². The Kier molecular flexibility index (Phi) is 2.51. The van der Waals surface area contributed by atoms with Crippen LogP contribution in [0.2, 0.25) is 0 Å². The first-order valence-electron chi connectivity index (χ1n) is 6.08. The van der Waals surface area contributed by atoms with E-state index in [1.807, 2.05) is 0 Å². The molecule has 0 aliphatic heterocycles. The number of carbonyl (C=O) groups is 1. The van der Waals surface area contributed by atoms with E-state index in [2.05, 4.69) is 10.3 Å². The number of alkyl halides is 3. The van der Waals surface area contributed by atoms with Gasteiger partial charge in [-0.3, -0.25) is 4.79 Å². The summed E-state index contributed by atoms with van der Waals surface area (Å²) in [5.41, 5.74) is 4.84. The summed E-state index contributed by atoms with van der Waals surface area (Å²) in [5.74, 6) is -0.739. The molecule has 0 spiro atoms. The number of nitrogen functional groups attached to an aromatic ring is 1. The van der Waals surface area contributed by atoms with Gasteiger partial charge in [-0.2, -0.15) is 13.2 Å². The average molecular weight is 283 g/mol. The van der Waals surface area contributed by atoms with Crippen molar-refractivity contribution in [1.29, 1.82) is 0 Å². The van der Waals surface area contributed by atoms with Crippen LogP contribution in [0.5, 0.6) is 0 Å². The van der Waals surface area contributed by atoms with E-state index in [1.54, 1.807) is 18.2 Å². The third kappa shape index (κ3) is 1.90. The molecule has 0 unspecified atom stereocenters. The number of hydrogen-bond donors (Lipinski definition) is 3. The number of carbonyl (C=O) groups excluding carboxylic acids is 1. The Morgan fingerprint density at radius 3 is 2.65 bits per heavy atom. The third-order valence-corrected chi connectivity index (χ3v) is 3.60. The van der Waals surface area contributed by atoms with Crippen LogP contribution in [-0.4, -0.2) is 22.6 Å². The SMILES string of the molecule is Nc1ccc2[nH]cc(C(=O)NC3(C(F)(F)F)CC3)c2c1. The molecular formula is C13H12F3N3O. The molecule has 0 atom stereocenters. The van der Waals surface area contributed by atoms with Gasteiger partial charge >= 0.3 is 6.18 Å². The summed E-state index contributed by atoms with van der Waals surface area (Å²) in [6.07, 6.45) is -3.18. The Bertz CT molecular complexity index is 686. The van der Waals surface area contributed by atoms with Crippen LogP contribution < -0.4 is 11.1 Å². The second-order valence-electron chi connectivity index (χ2n) is 5.04. The van der Waals surface area contributed by atoms with Gasteiger partial charge < -0.3 is 16.0 Å². The molecule has 0 radical (unpaired) electrons. The molecule has 7 heteroatoms. The van der Waals surface area contributed by atoms with Crippen molar-refractivity contribution in [2.45, 2.75) is 24.6 Å². The number of hydrogen-bond acceptors (Lipinski definition) is 2. The Morgan fingerprint density at radius 2 is 2.05 bits per heavy atom. The van der Waals surface area contributed by atoms with E-state index in [0.29, 0.717) is 16.6 Å². The monoisotopic (exact) mass is 283 g/mol. The lowest BCUT2D eigenvalue weighted by Gasteiger charge is -2.20. The van der Waals surface area contributed by atoms with Crippen LogP contribution in [0.3, 0.4) is 0 Å². The molecule has 0 bridgehead atoms. The minimum Gasteiger partial charge on any atom is -0.399 e. The molecule has 20 heavy (non-hydrogen) atoms. The van der Waals surface area contributed by atoms with Gasteiger partial charge in [0.05, 0.1) is 5.56 Å².